The Balaban J connectivity index is 0.00000320. The molecule has 1 unspecified atom stereocenters. The highest BCUT2D eigenvalue weighted by atomic mass is 35.5. The predicted octanol–water partition coefficient (Wildman–Crippen LogP) is 0.742. The Morgan fingerprint density at radius 3 is 2.07 bits per heavy atom. The highest BCUT2D eigenvalue weighted by Crippen LogP contribution is 2.26. The fourth-order valence-corrected chi connectivity index (χ4v) is 4.96. The second kappa shape index (κ2) is 10.8. The third-order valence-electron chi connectivity index (χ3n) is 5.09. The van der Waals surface area contributed by atoms with Gasteiger partial charge in [0.25, 0.3) is 10.0 Å². The standard InChI is InChI=1S/C23H28N2O3S.ClH/c1-3-24(4-2)17-22(26)18-25(21-12-6-5-7-13-21)29(27,28)23-15-14-19-10-8-9-11-20(19)16-23;/h5-16,22,26H,3-4,17-18H2,1-2H3;1H/p-1. The molecule has 7 heteroatoms. The number of hydrogen-bond donors (Lipinski definition) is 1. The molecule has 0 heterocycles. The van der Waals surface area contributed by atoms with Crippen molar-refractivity contribution in [1.29, 1.82) is 0 Å². The first kappa shape index (κ1) is 24.2. The number of anilines is 1. The maximum atomic E-state index is 13.5. The van der Waals surface area contributed by atoms with Crippen LogP contribution in [0.15, 0.2) is 77.7 Å². The van der Waals surface area contributed by atoms with E-state index < -0.39 is 16.1 Å². The molecule has 0 radical (unpaired) electrons. The molecule has 0 aromatic heterocycles. The lowest BCUT2D eigenvalue weighted by Crippen LogP contribution is -3.00. The Bertz CT molecular complexity index is 1040. The number of fused-ring (bicyclic) bond motifs is 1. The molecule has 0 saturated carbocycles. The van der Waals surface area contributed by atoms with Gasteiger partial charge < -0.3 is 22.4 Å². The Hall–Kier alpha value is -2.12. The summed E-state index contributed by atoms with van der Waals surface area (Å²) in [6, 6.07) is 21.8. The fraction of sp³-hybridized carbons (Fsp3) is 0.304. The molecule has 3 aromatic rings. The van der Waals surface area contributed by atoms with Crippen molar-refractivity contribution in [3.63, 3.8) is 0 Å². The highest BCUT2D eigenvalue weighted by molar-refractivity contribution is 7.92. The van der Waals surface area contributed by atoms with E-state index >= 15 is 0 Å². The summed E-state index contributed by atoms with van der Waals surface area (Å²) in [5.74, 6) is 0. The minimum atomic E-state index is -3.84. The summed E-state index contributed by atoms with van der Waals surface area (Å²) in [7, 11) is -3.84. The fourth-order valence-electron chi connectivity index (χ4n) is 3.42. The molecule has 162 valence electrons. The van der Waals surface area contributed by atoms with Gasteiger partial charge in [-0.1, -0.05) is 62.4 Å². The maximum Gasteiger partial charge on any atom is 0.264 e. The van der Waals surface area contributed by atoms with Gasteiger partial charge in [0, 0.05) is 6.54 Å². The lowest BCUT2D eigenvalue weighted by molar-refractivity contribution is -0.0000102. The first-order chi connectivity index (χ1) is 14.0. The van der Waals surface area contributed by atoms with Gasteiger partial charge in [-0.15, -0.1) is 0 Å². The van der Waals surface area contributed by atoms with Crippen molar-refractivity contribution in [2.75, 3.05) is 30.5 Å². The number of rotatable bonds is 9. The van der Waals surface area contributed by atoms with Crippen LogP contribution >= 0.6 is 0 Å². The van der Waals surface area contributed by atoms with E-state index in [0.29, 0.717) is 12.2 Å². The maximum absolute atomic E-state index is 13.5. The largest absolute Gasteiger partial charge is 1.00 e. The van der Waals surface area contributed by atoms with Crippen LogP contribution in [-0.4, -0.2) is 50.7 Å². The van der Waals surface area contributed by atoms with Crippen molar-refractivity contribution in [2.24, 2.45) is 0 Å². The van der Waals surface area contributed by atoms with Crippen LogP contribution in [0.4, 0.5) is 5.69 Å². The summed E-state index contributed by atoms with van der Waals surface area (Å²) < 4.78 is 28.4. The average molecular weight is 448 g/mol. The summed E-state index contributed by atoms with van der Waals surface area (Å²) in [4.78, 5) is 2.30. The SMILES string of the molecule is CCN(CC)CC(O)CN(c1ccccc1)S(=O)(=O)c1ccc2ccccc2c1.[Cl-]. The van der Waals surface area contributed by atoms with Crippen molar-refractivity contribution in [3.8, 4) is 0 Å². The zero-order valence-electron chi connectivity index (χ0n) is 17.3. The van der Waals surface area contributed by atoms with E-state index in [1.165, 1.54) is 4.31 Å². The Kier molecular flexibility index (Phi) is 8.67. The lowest BCUT2D eigenvalue weighted by Gasteiger charge is -2.29. The van der Waals surface area contributed by atoms with E-state index in [0.717, 1.165) is 23.9 Å². The zero-order chi connectivity index (χ0) is 20.9. The normalized spacial score (nSPS) is 12.5. The molecule has 30 heavy (non-hydrogen) atoms. The molecule has 3 aromatic carbocycles. The summed E-state index contributed by atoms with van der Waals surface area (Å²) in [5.41, 5.74) is 0.541. The van der Waals surface area contributed by atoms with Crippen LogP contribution in [0.25, 0.3) is 10.8 Å². The van der Waals surface area contributed by atoms with E-state index in [2.05, 4.69) is 4.90 Å². The van der Waals surface area contributed by atoms with E-state index in [9.17, 15) is 13.5 Å². The van der Waals surface area contributed by atoms with Crippen LogP contribution in [0.1, 0.15) is 13.8 Å². The van der Waals surface area contributed by atoms with Gasteiger partial charge in [0.05, 0.1) is 23.2 Å². The molecular formula is C23H28ClN2O3S-. The van der Waals surface area contributed by atoms with Gasteiger partial charge in [-0.25, -0.2) is 8.42 Å². The molecule has 1 atom stereocenters. The molecule has 0 aliphatic carbocycles. The topological polar surface area (TPSA) is 60.9 Å². The summed E-state index contributed by atoms with van der Waals surface area (Å²) in [6.45, 7) is 6.07. The number of benzene rings is 3. The van der Waals surface area contributed by atoms with Crippen molar-refractivity contribution in [1.82, 2.24) is 4.90 Å². The van der Waals surface area contributed by atoms with Crippen LogP contribution in [-0.2, 0) is 10.0 Å². The summed E-state index contributed by atoms with van der Waals surface area (Å²) in [6.07, 6.45) is -0.801. The number of aliphatic hydroxyl groups is 1. The van der Waals surface area contributed by atoms with Gasteiger partial charge in [-0.2, -0.15) is 0 Å². The second-order valence-corrected chi connectivity index (χ2v) is 8.88. The van der Waals surface area contributed by atoms with E-state index in [4.69, 9.17) is 0 Å². The van der Waals surface area contributed by atoms with Crippen molar-refractivity contribution < 1.29 is 25.9 Å². The third kappa shape index (κ3) is 5.52. The first-order valence-corrected chi connectivity index (χ1v) is 11.4. The van der Waals surface area contributed by atoms with Crippen LogP contribution in [0, 0.1) is 0 Å². The monoisotopic (exact) mass is 447 g/mol. The minimum Gasteiger partial charge on any atom is -1.00 e. The summed E-state index contributed by atoms with van der Waals surface area (Å²) >= 11 is 0. The number of nitrogens with zero attached hydrogens (tertiary/aromatic N) is 2. The predicted molar refractivity (Wildman–Crippen MR) is 119 cm³/mol. The van der Waals surface area contributed by atoms with Crippen molar-refractivity contribution in [2.45, 2.75) is 24.8 Å². The molecule has 0 saturated heterocycles. The average Bonchev–Trinajstić information content (AvgIpc) is 2.76. The molecule has 0 aliphatic heterocycles. The Labute approximate surface area is 185 Å². The first-order valence-electron chi connectivity index (χ1n) is 9.92. The molecule has 0 aliphatic rings. The van der Waals surface area contributed by atoms with Gasteiger partial charge in [0.2, 0.25) is 0 Å². The van der Waals surface area contributed by atoms with Crippen LogP contribution in [0.5, 0.6) is 0 Å². The number of para-hydroxylation sites is 1. The molecular weight excluding hydrogens is 420 g/mol. The van der Waals surface area contributed by atoms with Crippen molar-refractivity contribution >= 4 is 26.5 Å². The zero-order valence-corrected chi connectivity index (χ0v) is 18.9. The third-order valence-corrected chi connectivity index (χ3v) is 6.88. The molecule has 5 nitrogen and oxygen atoms in total. The van der Waals surface area contributed by atoms with E-state index in [1.54, 1.807) is 36.4 Å². The molecule has 1 N–H and O–H groups in total. The smallest absolute Gasteiger partial charge is 0.264 e. The molecule has 0 fully saturated rings. The number of aliphatic hydroxyl groups excluding tert-OH is 1. The minimum absolute atomic E-state index is 0. The van der Waals surface area contributed by atoms with Crippen LogP contribution in [0.2, 0.25) is 0 Å². The molecule has 0 spiro atoms. The number of hydrogen-bond acceptors (Lipinski definition) is 4. The van der Waals surface area contributed by atoms with Gasteiger partial charge in [-0.3, -0.25) is 4.31 Å². The molecule has 0 bridgehead atoms. The van der Waals surface area contributed by atoms with E-state index in [1.807, 2.05) is 50.2 Å². The molecule has 3 rings (SSSR count). The quantitative estimate of drug-likeness (QED) is 0.525. The van der Waals surface area contributed by atoms with Gasteiger partial charge in [-0.05, 0) is 48.1 Å². The van der Waals surface area contributed by atoms with Gasteiger partial charge in [0.1, 0.15) is 0 Å². The highest BCUT2D eigenvalue weighted by Gasteiger charge is 2.27. The second-order valence-electron chi connectivity index (χ2n) is 7.02. The lowest BCUT2D eigenvalue weighted by atomic mass is 10.1. The number of sulfonamides is 1. The van der Waals surface area contributed by atoms with Crippen LogP contribution in [0.3, 0.4) is 0 Å². The van der Waals surface area contributed by atoms with Crippen LogP contribution < -0.4 is 16.7 Å². The Morgan fingerprint density at radius 2 is 1.43 bits per heavy atom. The number of likely N-dealkylation sites (N-methyl/N-ethyl adjacent to an activating group) is 1. The number of halogens is 1. The van der Waals surface area contributed by atoms with Gasteiger partial charge in [0.15, 0.2) is 0 Å². The van der Waals surface area contributed by atoms with Gasteiger partial charge >= 0.3 is 0 Å². The van der Waals surface area contributed by atoms with E-state index in [-0.39, 0.29) is 23.8 Å². The Morgan fingerprint density at radius 1 is 0.833 bits per heavy atom. The molecule has 0 amide bonds. The van der Waals surface area contributed by atoms with Crippen molar-refractivity contribution in [3.05, 3.63) is 72.8 Å². The summed E-state index contributed by atoms with van der Waals surface area (Å²) in [5, 5.41) is 12.5.